The van der Waals surface area contributed by atoms with Gasteiger partial charge in [0.1, 0.15) is 5.69 Å². The summed E-state index contributed by atoms with van der Waals surface area (Å²) in [4.78, 5) is 32.3. The lowest BCUT2D eigenvalue weighted by atomic mass is 10.1. The van der Waals surface area contributed by atoms with Gasteiger partial charge in [0, 0.05) is 28.2 Å². The smallest absolute Gasteiger partial charge is 0.274 e. The normalized spacial score (nSPS) is 10.3. The standard InChI is InChI=1S/C20H17ClN4O2/c1-12-6-7-16(11-17(12)21)23-19(27)18-8-9-22-20(25-18)24-15-5-3-4-14(10-15)13(2)26/h3-11H,1-2H3,(H,23,27)(H,22,24,25). The third-order valence-corrected chi connectivity index (χ3v) is 4.25. The number of ketones is 1. The number of benzene rings is 2. The molecule has 136 valence electrons. The molecule has 1 heterocycles. The number of anilines is 3. The van der Waals surface area contributed by atoms with Crippen molar-refractivity contribution in [3.05, 3.63) is 76.6 Å². The third-order valence-electron chi connectivity index (χ3n) is 3.84. The lowest BCUT2D eigenvalue weighted by Gasteiger charge is -2.09. The first-order chi connectivity index (χ1) is 12.9. The topological polar surface area (TPSA) is 84.0 Å². The van der Waals surface area contributed by atoms with Gasteiger partial charge in [-0.1, -0.05) is 29.8 Å². The van der Waals surface area contributed by atoms with Crippen LogP contribution in [0.3, 0.4) is 0 Å². The van der Waals surface area contributed by atoms with Crippen molar-refractivity contribution in [2.75, 3.05) is 10.6 Å². The summed E-state index contributed by atoms with van der Waals surface area (Å²) in [5.41, 5.74) is 2.94. The molecular weight excluding hydrogens is 364 g/mol. The van der Waals surface area contributed by atoms with Crippen LogP contribution >= 0.6 is 11.6 Å². The highest BCUT2D eigenvalue weighted by molar-refractivity contribution is 6.31. The van der Waals surface area contributed by atoms with E-state index in [-0.39, 0.29) is 23.3 Å². The van der Waals surface area contributed by atoms with Crippen LogP contribution in [0, 0.1) is 6.92 Å². The van der Waals surface area contributed by atoms with Crippen molar-refractivity contribution in [1.82, 2.24) is 9.97 Å². The van der Waals surface area contributed by atoms with Gasteiger partial charge in [-0.3, -0.25) is 9.59 Å². The number of Topliss-reactive ketones (excluding diaryl/α,β-unsaturated/α-hetero) is 1. The number of hydrogen-bond donors (Lipinski definition) is 2. The van der Waals surface area contributed by atoms with Crippen LogP contribution < -0.4 is 10.6 Å². The highest BCUT2D eigenvalue weighted by Crippen LogP contribution is 2.20. The van der Waals surface area contributed by atoms with Gasteiger partial charge in [-0.15, -0.1) is 0 Å². The molecule has 0 saturated carbocycles. The molecule has 6 nitrogen and oxygen atoms in total. The zero-order valence-corrected chi connectivity index (χ0v) is 15.5. The number of rotatable bonds is 5. The van der Waals surface area contributed by atoms with Crippen molar-refractivity contribution in [1.29, 1.82) is 0 Å². The molecule has 1 amide bonds. The Hall–Kier alpha value is -3.25. The molecule has 0 aliphatic carbocycles. The molecule has 0 unspecified atom stereocenters. The predicted octanol–water partition coefficient (Wildman–Crippen LogP) is 4.64. The maximum Gasteiger partial charge on any atom is 0.274 e. The van der Waals surface area contributed by atoms with E-state index in [2.05, 4.69) is 20.6 Å². The molecular formula is C20H17ClN4O2. The zero-order chi connectivity index (χ0) is 19.4. The average molecular weight is 381 g/mol. The van der Waals surface area contributed by atoms with Crippen molar-refractivity contribution in [2.24, 2.45) is 0 Å². The van der Waals surface area contributed by atoms with E-state index in [0.717, 1.165) is 5.56 Å². The van der Waals surface area contributed by atoms with Gasteiger partial charge in [0.15, 0.2) is 5.78 Å². The van der Waals surface area contributed by atoms with Gasteiger partial charge in [-0.05, 0) is 49.7 Å². The van der Waals surface area contributed by atoms with Gasteiger partial charge in [0.05, 0.1) is 0 Å². The molecule has 0 saturated heterocycles. The molecule has 3 rings (SSSR count). The van der Waals surface area contributed by atoms with E-state index >= 15 is 0 Å². The van der Waals surface area contributed by atoms with Gasteiger partial charge in [-0.2, -0.15) is 0 Å². The van der Waals surface area contributed by atoms with Crippen molar-refractivity contribution in [3.8, 4) is 0 Å². The van der Waals surface area contributed by atoms with Crippen molar-refractivity contribution in [2.45, 2.75) is 13.8 Å². The van der Waals surface area contributed by atoms with E-state index < -0.39 is 0 Å². The maximum absolute atomic E-state index is 12.4. The van der Waals surface area contributed by atoms with Crippen molar-refractivity contribution >= 4 is 40.6 Å². The number of amides is 1. The van der Waals surface area contributed by atoms with Crippen LogP contribution in [-0.4, -0.2) is 21.7 Å². The minimum atomic E-state index is -0.377. The van der Waals surface area contributed by atoms with Gasteiger partial charge < -0.3 is 10.6 Å². The van der Waals surface area contributed by atoms with E-state index in [1.807, 2.05) is 13.0 Å². The van der Waals surface area contributed by atoms with Crippen LogP contribution in [-0.2, 0) is 0 Å². The number of nitrogens with zero attached hydrogens (tertiary/aromatic N) is 2. The second-order valence-corrected chi connectivity index (χ2v) is 6.35. The van der Waals surface area contributed by atoms with Crippen molar-refractivity contribution in [3.63, 3.8) is 0 Å². The van der Waals surface area contributed by atoms with Crippen LogP contribution in [0.4, 0.5) is 17.3 Å². The second kappa shape index (κ2) is 7.97. The summed E-state index contributed by atoms with van der Waals surface area (Å²) >= 11 is 6.08. The first kappa shape index (κ1) is 18.5. The first-order valence-electron chi connectivity index (χ1n) is 8.21. The fourth-order valence-corrected chi connectivity index (χ4v) is 2.54. The van der Waals surface area contributed by atoms with Gasteiger partial charge in [0.2, 0.25) is 5.95 Å². The fourth-order valence-electron chi connectivity index (χ4n) is 2.36. The molecule has 3 aromatic rings. The quantitative estimate of drug-likeness (QED) is 0.630. The SMILES string of the molecule is CC(=O)c1cccc(Nc2nccc(C(=O)Nc3ccc(C)c(Cl)c3)n2)c1. The molecule has 2 N–H and O–H groups in total. The Morgan fingerprint density at radius 1 is 1.04 bits per heavy atom. The molecule has 7 heteroatoms. The Balaban J connectivity index is 1.76. The number of carbonyl (C=O) groups is 2. The lowest BCUT2D eigenvalue weighted by molar-refractivity contribution is 0.101. The largest absolute Gasteiger partial charge is 0.324 e. The summed E-state index contributed by atoms with van der Waals surface area (Å²) in [6.07, 6.45) is 1.49. The molecule has 0 aliphatic rings. The van der Waals surface area contributed by atoms with E-state index in [1.165, 1.54) is 19.2 Å². The molecule has 0 atom stereocenters. The zero-order valence-electron chi connectivity index (χ0n) is 14.8. The number of nitrogens with one attached hydrogen (secondary N) is 2. The summed E-state index contributed by atoms with van der Waals surface area (Å²) in [5, 5.41) is 6.33. The summed E-state index contributed by atoms with van der Waals surface area (Å²) in [5.74, 6) is -0.160. The Kier molecular flexibility index (Phi) is 5.47. The number of carbonyl (C=O) groups excluding carboxylic acids is 2. The van der Waals surface area contributed by atoms with Crippen LogP contribution in [0.15, 0.2) is 54.7 Å². The lowest BCUT2D eigenvalue weighted by Crippen LogP contribution is -2.14. The van der Waals surface area contributed by atoms with Gasteiger partial charge in [0.25, 0.3) is 5.91 Å². The number of hydrogen-bond acceptors (Lipinski definition) is 5. The fraction of sp³-hybridized carbons (Fsp3) is 0.100. The van der Waals surface area contributed by atoms with Gasteiger partial charge in [-0.25, -0.2) is 9.97 Å². The van der Waals surface area contributed by atoms with Crippen LogP contribution in [0.5, 0.6) is 0 Å². The van der Waals surface area contributed by atoms with E-state index in [0.29, 0.717) is 22.0 Å². The Bertz CT molecular complexity index is 1020. The maximum atomic E-state index is 12.4. The summed E-state index contributed by atoms with van der Waals surface area (Å²) in [6, 6.07) is 13.8. The summed E-state index contributed by atoms with van der Waals surface area (Å²) < 4.78 is 0. The van der Waals surface area contributed by atoms with Crippen LogP contribution in [0.1, 0.15) is 33.3 Å². The Morgan fingerprint density at radius 3 is 2.59 bits per heavy atom. The average Bonchev–Trinajstić information content (AvgIpc) is 2.65. The summed E-state index contributed by atoms with van der Waals surface area (Å²) in [6.45, 7) is 3.38. The monoisotopic (exact) mass is 380 g/mol. The number of aromatic nitrogens is 2. The molecule has 0 aliphatic heterocycles. The summed E-state index contributed by atoms with van der Waals surface area (Å²) in [7, 11) is 0. The molecule has 0 spiro atoms. The molecule has 1 aromatic heterocycles. The molecule has 0 bridgehead atoms. The Morgan fingerprint density at radius 2 is 1.85 bits per heavy atom. The van der Waals surface area contributed by atoms with Gasteiger partial charge >= 0.3 is 0 Å². The second-order valence-electron chi connectivity index (χ2n) is 5.95. The van der Waals surface area contributed by atoms with Crippen LogP contribution in [0.2, 0.25) is 5.02 Å². The van der Waals surface area contributed by atoms with Crippen LogP contribution in [0.25, 0.3) is 0 Å². The number of halogens is 1. The highest BCUT2D eigenvalue weighted by atomic mass is 35.5. The third kappa shape index (κ3) is 4.68. The van der Waals surface area contributed by atoms with E-state index in [4.69, 9.17) is 11.6 Å². The minimum absolute atomic E-state index is 0.0375. The van der Waals surface area contributed by atoms with Crippen molar-refractivity contribution < 1.29 is 9.59 Å². The predicted molar refractivity (Wildman–Crippen MR) is 106 cm³/mol. The molecule has 27 heavy (non-hydrogen) atoms. The molecule has 0 fully saturated rings. The first-order valence-corrected chi connectivity index (χ1v) is 8.59. The molecule has 0 radical (unpaired) electrons. The Labute approximate surface area is 161 Å². The molecule has 2 aromatic carbocycles. The highest BCUT2D eigenvalue weighted by Gasteiger charge is 2.10. The van der Waals surface area contributed by atoms with E-state index in [1.54, 1.807) is 36.4 Å². The number of aryl methyl sites for hydroxylation is 1. The van der Waals surface area contributed by atoms with E-state index in [9.17, 15) is 9.59 Å². The minimum Gasteiger partial charge on any atom is -0.324 e.